The van der Waals surface area contributed by atoms with Crippen molar-refractivity contribution in [2.75, 3.05) is 5.32 Å². The summed E-state index contributed by atoms with van der Waals surface area (Å²) in [5.74, 6) is -4.59. The molecule has 0 saturated carbocycles. The average molecular weight is 514 g/mol. The normalized spacial score (nSPS) is 15.5. The highest BCUT2D eigenvalue weighted by molar-refractivity contribution is 6.19. The maximum Gasteiger partial charge on any atom is 0.269 e. The quantitative estimate of drug-likeness (QED) is 0.364. The van der Waals surface area contributed by atoms with Gasteiger partial charge in [-0.2, -0.15) is 0 Å². The number of halogens is 3. The molecular formula is C30H22F3N3O2. The first kappa shape index (κ1) is 25.0. The molecule has 0 saturated heterocycles. The largest absolute Gasteiger partial charge is 0.326 e. The van der Waals surface area contributed by atoms with Crippen LogP contribution in [0.15, 0.2) is 102 Å². The van der Waals surface area contributed by atoms with Gasteiger partial charge >= 0.3 is 0 Å². The molecule has 5 nitrogen and oxygen atoms in total. The third-order valence-corrected chi connectivity index (χ3v) is 6.29. The van der Waals surface area contributed by atoms with Crippen LogP contribution in [0.3, 0.4) is 0 Å². The Hall–Kier alpha value is -4.72. The zero-order valence-electron chi connectivity index (χ0n) is 20.0. The Balaban J connectivity index is 1.50. The molecule has 4 aromatic carbocycles. The lowest BCUT2D eigenvalue weighted by Crippen LogP contribution is -2.44. The second kappa shape index (κ2) is 10.7. The van der Waals surface area contributed by atoms with E-state index in [1.54, 1.807) is 12.1 Å². The zero-order chi connectivity index (χ0) is 26.6. The summed E-state index contributed by atoms with van der Waals surface area (Å²) in [6.07, 6.45) is -1.30. The first-order valence-corrected chi connectivity index (χ1v) is 11.9. The van der Waals surface area contributed by atoms with E-state index < -0.39 is 41.3 Å². The van der Waals surface area contributed by atoms with Crippen molar-refractivity contribution < 1.29 is 22.8 Å². The van der Waals surface area contributed by atoms with Gasteiger partial charge in [-0.1, -0.05) is 66.7 Å². The number of rotatable bonds is 6. The second-order valence-electron chi connectivity index (χ2n) is 8.85. The first-order chi connectivity index (χ1) is 18.4. The summed E-state index contributed by atoms with van der Waals surface area (Å²) in [4.78, 5) is 31.4. The molecule has 1 unspecified atom stereocenters. The fourth-order valence-electron chi connectivity index (χ4n) is 4.38. The summed E-state index contributed by atoms with van der Waals surface area (Å²) < 4.78 is 41.0. The summed E-state index contributed by atoms with van der Waals surface area (Å²) in [5, 5.41) is 5.52. The Morgan fingerprint density at radius 2 is 1.58 bits per heavy atom. The number of benzodiazepines with no additional fused rings is 1. The molecule has 1 heterocycles. The number of nitrogens with zero attached hydrogens (tertiary/aromatic N) is 1. The number of carbonyl (C=O) groups excluding carboxylic acids is 2. The molecule has 0 aliphatic carbocycles. The highest BCUT2D eigenvalue weighted by Gasteiger charge is 2.30. The molecule has 8 heteroatoms. The van der Waals surface area contributed by atoms with Crippen LogP contribution >= 0.6 is 0 Å². The van der Waals surface area contributed by atoms with E-state index in [0.29, 0.717) is 28.1 Å². The van der Waals surface area contributed by atoms with Gasteiger partial charge in [0, 0.05) is 11.1 Å². The number of hydrogen-bond acceptors (Lipinski definition) is 3. The van der Waals surface area contributed by atoms with Crippen molar-refractivity contribution in [3.8, 4) is 0 Å². The van der Waals surface area contributed by atoms with Gasteiger partial charge in [-0.3, -0.25) is 9.59 Å². The molecule has 1 aliphatic rings. The van der Waals surface area contributed by atoms with E-state index in [9.17, 15) is 22.8 Å². The summed E-state index contributed by atoms with van der Waals surface area (Å²) >= 11 is 0. The summed E-state index contributed by atoms with van der Waals surface area (Å²) in [6.45, 7) is 0. The van der Waals surface area contributed by atoms with E-state index in [1.165, 1.54) is 30.3 Å². The van der Waals surface area contributed by atoms with E-state index in [0.717, 1.165) is 17.7 Å². The number of hydrogen-bond donors (Lipinski definition) is 2. The van der Waals surface area contributed by atoms with Crippen molar-refractivity contribution in [3.63, 3.8) is 0 Å². The van der Waals surface area contributed by atoms with E-state index in [2.05, 4.69) is 15.6 Å². The molecule has 2 atom stereocenters. The third kappa shape index (κ3) is 5.34. The van der Waals surface area contributed by atoms with Crippen LogP contribution in [0.4, 0.5) is 18.9 Å². The number of amides is 2. The van der Waals surface area contributed by atoms with Crippen molar-refractivity contribution in [1.29, 1.82) is 0 Å². The SMILES string of the molecule is O=C1Nc2ccccc2C(c2ccccc2)=NC1NC(=O)[C@H](Cc1ccc(F)c(F)c1)c1ccc(F)cc1. The van der Waals surface area contributed by atoms with Gasteiger partial charge in [-0.15, -0.1) is 0 Å². The topological polar surface area (TPSA) is 70.6 Å². The zero-order valence-corrected chi connectivity index (χ0v) is 20.0. The number of aliphatic imine (C=N–C) groups is 1. The number of benzene rings is 4. The average Bonchev–Trinajstić information content (AvgIpc) is 3.06. The minimum Gasteiger partial charge on any atom is -0.326 e. The highest BCUT2D eigenvalue weighted by atomic mass is 19.2. The predicted octanol–water partition coefficient (Wildman–Crippen LogP) is 5.36. The van der Waals surface area contributed by atoms with Gasteiger partial charge in [0.15, 0.2) is 11.6 Å². The van der Waals surface area contributed by atoms with Crippen molar-refractivity contribution in [2.24, 2.45) is 4.99 Å². The monoisotopic (exact) mass is 513 g/mol. The van der Waals surface area contributed by atoms with Gasteiger partial charge < -0.3 is 10.6 Å². The first-order valence-electron chi connectivity index (χ1n) is 11.9. The molecule has 2 N–H and O–H groups in total. The Kier molecular flexibility index (Phi) is 7.04. The van der Waals surface area contributed by atoms with E-state index in [4.69, 9.17) is 0 Å². The Morgan fingerprint density at radius 1 is 0.868 bits per heavy atom. The van der Waals surface area contributed by atoms with Crippen LogP contribution in [-0.2, 0) is 16.0 Å². The highest BCUT2D eigenvalue weighted by Crippen LogP contribution is 2.26. The van der Waals surface area contributed by atoms with Gasteiger partial charge in [0.25, 0.3) is 5.91 Å². The smallest absolute Gasteiger partial charge is 0.269 e. The van der Waals surface area contributed by atoms with Crippen LogP contribution in [0.5, 0.6) is 0 Å². The van der Waals surface area contributed by atoms with Gasteiger partial charge in [0.2, 0.25) is 12.1 Å². The van der Waals surface area contributed by atoms with Crippen LogP contribution < -0.4 is 10.6 Å². The molecule has 4 aromatic rings. The van der Waals surface area contributed by atoms with E-state index in [-0.39, 0.29) is 6.42 Å². The van der Waals surface area contributed by atoms with Crippen LogP contribution in [-0.4, -0.2) is 23.7 Å². The van der Waals surface area contributed by atoms with Gasteiger partial charge in [0.1, 0.15) is 5.82 Å². The molecule has 0 radical (unpaired) electrons. The van der Waals surface area contributed by atoms with Crippen LogP contribution in [0.1, 0.15) is 28.2 Å². The van der Waals surface area contributed by atoms with Gasteiger partial charge in [0.05, 0.1) is 17.3 Å². The fraction of sp³-hybridized carbons (Fsp3) is 0.100. The van der Waals surface area contributed by atoms with Crippen LogP contribution in [0, 0.1) is 17.5 Å². The molecule has 0 aromatic heterocycles. The van der Waals surface area contributed by atoms with Crippen molar-refractivity contribution in [1.82, 2.24) is 5.32 Å². The van der Waals surface area contributed by atoms with Gasteiger partial charge in [-0.05, 0) is 47.9 Å². The van der Waals surface area contributed by atoms with E-state index in [1.807, 2.05) is 42.5 Å². The summed E-state index contributed by atoms with van der Waals surface area (Å²) in [6, 6.07) is 25.1. The number of nitrogens with one attached hydrogen (secondary N) is 2. The Bertz CT molecular complexity index is 1520. The molecule has 0 bridgehead atoms. The number of anilines is 1. The molecule has 5 rings (SSSR count). The lowest BCUT2D eigenvalue weighted by Gasteiger charge is -2.20. The van der Waals surface area contributed by atoms with Gasteiger partial charge in [-0.25, -0.2) is 18.2 Å². The third-order valence-electron chi connectivity index (χ3n) is 6.29. The Morgan fingerprint density at radius 3 is 2.32 bits per heavy atom. The molecule has 0 spiro atoms. The number of fused-ring (bicyclic) bond motifs is 1. The summed E-state index contributed by atoms with van der Waals surface area (Å²) in [7, 11) is 0. The molecule has 190 valence electrons. The summed E-state index contributed by atoms with van der Waals surface area (Å²) in [5.41, 5.74) is 3.32. The molecular weight excluding hydrogens is 491 g/mol. The molecule has 0 fully saturated rings. The number of para-hydroxylation sites is 1. The lowest BCUT2D eigenvalue weighted by atomic mass is 9.91. The Labute approximate surface area is 217 Å². The van der Waals surface area contributed by atoms with E-state index >= 15 is 0 Å². The molecule has 1 aliphatic heterocycles. The second-order valence-corrected chi connectivity index (χ2v) is 8.85. The van der Waals surface area contributed by atoms with Crippen LogP contribution in [0.2, 0.25) is 0 Å². The standard InChI is InChI=1S/C30H22F3N3O2/c31-21-13-11-19(12-14-21)23(16-18-10-15-24(32)25(33)17-18)29(37)36-28-30(38)34-26-9-5-4-8-22(26)27(35-28)20-6-2-1-3-7-20/h1-15,17,23,28H,16H2,(H,34,38)(H,36,37)/t23-,28?/m1/s1. The van der Waals surface area contributed by atoms with Crippen molar-refractivity contribution in [3.05, 3.63) is 137 Å². The molecule has 38 heavy (non-hydrogen) atoms. The maximum absolute atomic E-state index is 13.9. The molecule has 2 amide bonds. The van der Waals surface area contributed by atoms with Crippen LogP contribution in [0.25, 0.3) is 0 Å². The minimum absolute atomic E-state index is 0.0154. The minimum atomic E-state index is -1.28. The van der Waals surface area contributed by atoms with Crippen molar-refractivity contribution >= 4 is 23.2 Å². The fourth-order valence-corrected chi connectivity index (χ4v) is 4.38. The maximum atomic E-state index is 13.9. The van der Waals surface area contributed by atoms with Crippen molar-refractivity contribution in [2.45, 2.75) is 18.5 Å². The number of carbonyl (C=O) groups is 2. The predicted molar refractivity (Wildman–Crippen MR) is 138 cm³/mol. The lowest BCUT2D eigenvalue weighted by molar-refractivity contribution is -0.127.